The topological polar surface area (TPSA) is 20.2 Å². The van der Waals surface area contributed by atoms with Crippen LogP contribution in [-0.2, 0) is 0 Å². The van der Waals surface area contributed by atoms with Crippen molar-refractivity contribution >= 4 is 0 Å². The van der Waals surface area contributed by atoms with Crippen molar-refractivity contribution in [1.82, 2.24) is 0 Å². The van der Waals surface area contributed by atoms with Gasteiger partial charge in [0.1, 0.15) is 0 Å². The van der Waals surface area contributed by atoms with Crippen LogP contribution >= 0.6 is 0 Å². The van der Waals surface area contributed by atoms with Crippen molar-refractivity contribution in [3.8, 4) is 0 Å². The Hall–Kier alpha value is -0.0400. The first-order valence-corrected chi connectivity index (χ1v) is 13.9. The van der Waals surface area contributed by atoms with Gasteiger partial charge in [-0.05, 0) is 122 Å². The van der Waals surface area contributed by atoms with Gasteiger partial charge in [-0.15, -0.1) is 0 Å². The first kappa shape index (κ1) is 23.1. The van der Waals surface area contributed by atoms with E-state index in [1.165, 1.54) is 64.2 Å². The van der Waals surface area contributed by atoms with Gasteiger partial charge in [-0.25, -0.2) is 0 Å². The molecule has 4 aliphatic rings. The van der Waals surface area contributed by atoms with Crippen LogP contribution in [0.2, 0.25) is 0 Å². The standard InChI is InChI=1S/C29H52O/c1-20(2)22(16-19-30)10-9-21(3)25-13-14-26-24-12-11-23-8-6-7-17-28(23,4)27(24)15-18-29(25,26)5/h20-27,30H,6-19H2,1-5H3/t21-,22+,23+,24+,25-,26+,27+,28+,29-/m1/s1. The van der Waals surface area contributed by atoms with E-state index < -0.39 is 0 Å². The molecule has 0 aliphatic heterocycles. The summed E-state index contributed by atoms with van der Waals surface area (Å²) in [7, 11) is 0. The Bertz CT molecular complexity index is 569. The maximum atomic E-state index is 9.47. The predicted molar refractivity (Wildman–Crippen MR) is 128 cm³/mol. The molecule has 0 aromatic carbocycles. The summed E-state index contributed by atoms with van der Waals surface area (Å²) in [5.41, 5.74) is 1.30. The Balaban J connectivity index is 1.43. The Kier molecular flexibility index (Phi) is 6.99. The largest absolute Gasteiger partial charge is 0.396 e. The van der Waals surface area contributed by atoms with E-state index in [4.69, 9.17) is 0 Å². The van der Waals surface area contributed by atoms with Crippen molar-refractivity contribution in [2.45, 2.75) is 118 Å². The fourth-order valence-corrected chi connectivity index (χ4v) is 9.93. The molecule has 9 atom stereocenters. The maximum absolute atomic E-state index is 9.47. The minimum atomic E-state index is 0.364. The van der Waals surface area contributed by atoms with Crippen LogP contribution in [0.15, 0.2) is 0 Å². The van der Waals surface area contributed by atoms with E-state index in [2.05, 4.69) is 34.6 Å². The molecule has 0 amide bonds. The van der Waals surface area contributed by atoms with Crippen LogP contribution in [0, 0.1) is 58.2 Å². The van der Waals surface area contributed by atoms with Gasteiger partial charge in [0.15, 0.2) is 0 Å². The molecule has 4 saturated carbocycles. The van der Waals surface area contributed by atoms with Crippen LogP contribution < -0.4 is 0 Å². The third-order valence-electron chi connectivity index (χ3n) is 11.8. The number of rotatable bonds is 7. The van der Waals surface area contributed by atoms with E-state index in [-0.39, 0.29) is 0 Å². The maximum Gasteiger partial charge on any atom is 0.0433 e. The van der Waals surface area contributed by atoms with Gasteiger partial charge in [0.2, 0.25) is 0 Å². The van der Waals surface area contributed by atoms with E-state index in [0.29, 0.717) is 29.3 Å². The number of hydrogen-bond acceptors (Lipinski definition) is 1. The van der Waals surface area contributed by atoms with E-state index >= 15 is 0 Å². The third kappa shape index (κ3) is 3.92. The van der Waals surface area contributed by atoms with Crippen LogP contribution in [0.1, 0.15) is 118 Å². The summed E-state index contributed by atoms with van der Waals surface area (Å²) in [6.07, 6.45) is 18.9. The lowest BCUT2D eigenvalue weighted by Crippen LogP contribution is -2.53. The quantitative estimate of drug-likeness (QED) is 0.444. The average Bonchev–Trinajstić information content (AvgIpc) is 3.07. The van der Waals surface area contributed by atoms with Crippen LogP contribution in [-0.4, -0.2) is 11.7 Å². The second-order valence-corrected chi connectivity index (χ2v) is 13.2. The SMILES string of the molecule is CC(C)[C@H](CCO)CC[C@@H](C)[C@H]1CC[C@H]2[C@@H]3CC[C@@H]4CCCC[C@]4(C)[C@H]3CC[C@]12C. The Morgan fingerprint density at radius 1 is 0.767 bits per heavy atom. The second kappa shape index (κ2) is 9.07. The minimum Gasteiger partial charge on any atom is -0.396 e. The number of hydrogen-bond donors (Lipinski definition) is 1. The van der Waals surface area contributed by atoms with Crippen molar-refractivity contribution in [2.75, 3.05) is 6.61 Å². The van der Waals surface area contributed by atoms with Crippen molar-refractivity contribution < 1.29 is 5.11 Å². The fraction of sp³-hybridized carbons (Fsp3) is 1.00. The molecule has 1 N–H and O–H groups in total. The molecule has 0 spiro atoms. The Morgan fingerprint density at radius 3 is 2.27 bits per heavy atom. The smallest absolute Gasteiger partial charge is 0.0433 e. The Morgan fingerprint density at radius 2 is 1.53 bits per heavy atom. The molecular formula is C29H52O. The normalized spacial score (nSPS) is 45.5. The zero-order valence-corrected chi connectivity index (χ0v) is 21.0. The van der Waals surface area contributed by atoms with E-state index in [1.54, 1.807) is 12.8 Å². The molecule has 0 bridgehead atoms. The summed E-state index contributed by atoms with van der Waals surface area (Å²) < 4.78 is 0. The molecular weight excluding hydrogens is 364 g/mol. The molecule has 0 unspecified atom stereocenters. The van der Waals surface area contributed by atoms with Gasteiger partial charge in [-0.3, -0.25) is 0 Å². The van der Waals surface area contributed by atoms with Gasteiger partial charge < -0.3 is 5.11 Å². The van der Waals surface area contributed by atoms with Crippen molar-refractivity contribution in [3.05, 3.63) is 0 Å². The van der Waals surface area contributed by atoms with Gasteiger partial charge in [0.05, 0.1) is 0 Å². The lowest BCUT2D eigenvalue weighted by Gasteiger charge is -2.61. The molecule has 30 heavy (non-hydrogen) atoms. The summed E-state index contributed by atoms with van der Waals surface area (Å²) in [6.45, 7) is 13.1. The van der Waals surface area contributed by atoms with Crippen LogP contribution in [0.25, 0.3) is 0 Å². The second-order valence-electron chi connectivity index (χ2n) is 13.2. The van der Waals surface area contributed by atoms with E-state index in [1.807, 2.05) is 0 Å². The van der Waals surface area contributed by atoms with Crippen LogP contribution in [0.4, 0.5) is 0 Å². The summed E-state index contributed by atoms with van der Waals surface area (Å²) >= 11 is 0. The predicted octanol–water partition coefficient (Wildman–Crippen LogP) is 8.11. The molecule has 4 rings (SSSR count). The third-order valence-corrected chi connectivity index (χ3v) is 11.8. The monoisotopic (exact) mass is 416 g/mol. The minimum absolute atomic E-state index is 0.364. The van der Waals surface area contributed by atoms with Gasteiger partial charge in [0, 0.05) is 6.61 Å². The summed E-state index contributed by atoms with van der Waals surface area (Å²) in [5.74, 6) is 7.36. The summed E-state index contributed by atoms with van der Waals surface area (Å²) in [5, 5.41) is 9.47. The molecule has 1 nitrogen and oxygen atoms in total. The molecule has 4 fully saturated rings. The molecule has 0 aromatic heterocycles. The van der Waals surface area contributed by atoms with E-state index in [0.717, 1.165) is 41.9 Å². The molecule has 0 radical (unpaired) electrons. The highest BCUT2D eigenvalue weighted by Crippen LogP contribution is 2.68. The summed E-state index contributed by atoms with van der Waals surface area (Å²) in [4.78, 5) is 0. The summed E-state index contributed by atoms with van der Waals surface area (Å²) in [6, 6.07) is 0. The molecule has 174 valence electrons. The number of fused-ring (bicyclic) bond motifs is 5. The fourth-order valence-electron chi connectivity index (χ4n) is 9.93. The Labute approximate surface area is 188 Å². The zero-order chi connectivity index (χ0) is 21.5. The average molecular weight is 417 g/mol. The molecule has 0 aromatic rings. The zero-order valence-electron chi connectivity index (χ0n) is 21.0. The van der Waals surface area contributed by atoms with Gasteiger partial charge in [-0.1, -0.05) is 53.9 Å². The van der Waals surface area contributed by atoms with Crippen molar-refractivity contribution in [3.63, 3.8) is 0 Å². The molecule has 0 heterocycles. The highest BCUT2D eigenvalue weighted by Gasteiger charge is 2.60. The van der Waals surface area contributed by atoms with Crippen molar-refractivity contribution in [1.29, 1.82) is 0 Å². The molecule has 4 aliphatic carbocycles. The lowest BCUT2D eigenvalue weighted by atomic mass is 9.44. The number of aliphatic hydroxyl groups excluding tert-OH is 1. The first-order valence-electron chi connectivity index (χ1n) is 13.9. The highest BCUT2D eigenvalue weighted by atomic mass is 16.3. The number of aliphatic hydroxyl groups is 1. The van der Waals surface area contributed by atoms with Gasteiger partial charge >= 0.3 is 0 Å². The van der Waals surface area contributed by atoms with Gasteiger partial charge in [-0.2, -0.15) is 0 Å². The lowest BCUT2D eigenvalue weighted by molar-refractivity contribution is -0.114. The van der Waals surface area contributed by atoms with Crippen molar-refractivity contribution in [2.24, 2.45) is 58.2 Å². The molecule has 0 saturated heterocycles. The van der Waals surface area contributed by atoms with Gasteiger partial charge in [0.25, 0.3) is 0 Å². The van der Waals surface area contributed by atoms with E-state index in [9.17, 15) is 5.11 Å². The molecule has 1 heteroatoms. The van der Waals surface area contributed by atoms with Crippen LogP contribution in [0.5, 0.6) is 0 Å². The highest BCUT2D eigenvalue weighted by molar-refractivity contribution is 5.09. The first-order chi connectivity index (χ1) is 14.3. The van der Waals surface area contributed by atoms with Crippen LogP contribution in [0.3, 0.4) is 0 Å².